The van der Waals surface area contributed by atoms with Crippen molar-refractivity contribution in [2.45, 2.75) is 43.7 Å². The molecule has 6 heteroatoms. The van der Waals surface area contributed by atoms with Crippen molar-refractivity contribution < 1.29 is 13.5 Å². The lowest BCUT2D eigenvalue weighted by Crippen LogP contribution is -2.35. The van der Waals surface area contributed by atoms with Crippen LogP contribution in [-0.2, 0) is 16.6 Å². The Labute approximate surface area is 122 Å². The summed E-state index contributed by atoms with van der Waals surface area (Å²) in [5.41, 5.74) is 0.694. The number of sulfonamides is 1. The molecular formula is C13H18BrNO3S. The van der Waals surface area contributed by atoms with E-state index in [1.165, 1.54) is 0 Å². The van der Waals surface area contributed by atoms with Crippen molar-refractivity contribution in [3.63, 3.8) is 0 Å². The highest BCUT2D eigenvalue weighted by Gasteiger charge is 2.35. The Hall–Kier alpha value is -0.430. The van der Waals surface area contributed by atoms with E-state index in [9.17, 15) is 8.42 Å². The molecule has 106 valence electrons. The van der Waals surface area contributed by atoms with E-state index in [1.807, 2.05) is 6.92 Å². The quantitative estimate of drug-likeness (QED) is 0.910. The summed E-state index contributed by atoms with van der Waals surface area (Å²) in [4.78, 5) is 0.282. The number of nitrogens with zero attached hydrogens (tertiary/aromatic N) is 1. The molecular weight excluding hydrogens is 330 g/mol. The molecule has 1 unspecified atom stereocenters. The number of halogens is 1. The van der Waals surface area contributed by atoms with E-state index in [1.54, 1.807) is 22.5 Å². The molecule has 0 amide bonds. The maximum absolute atomic E-state index is 12.7. The predicted molar refractivity (Wildman–Crippen MR) is 77.3 cm³/mol. The van der Waals surface area contributed by atoms with Crippen molar-refractivity contribution in [2.75, 3.05) is 6.54 Å². The zero-order valence-electron chi connectivity index (χ0n) is 10.8. The van der Waals surface area contributed by atoms with E-state index >= 15 is 0 Å². The van der Waals surface area contributed by atoms with Gasteiger partial charge in [-0.25, -0.2) is 8.42 Å². The monoisotopic (exact) mass is 347 g/mol. The van der Waals surface area contributed by atoms with Gasteiger partial charge in [0.15, 0.2) is 0 Å². The molecule has 0 bridgehead atoms. The molecule has 4 nitrogen and oxygen atoms in total. The van der Waals surface area contributed by atoms with Crippen LogP contribution in [0, 0.1) is 0 Å². The second kappa shape index (κ2) is 5.91. The molecule has 19 heavy (non-hydrogen) atoms. The van der Waals surface area contributed by atoms with Crippen LogP contribution in [0.2, 0.25) is 0 Å². The van der Waals surface area contributed by atoms with Gasteiger partial charge in [-0.2, -0.15) is 4.31 Å². The molecule has 1 aliphatic rings. The largest absolute Gasteiger partial charge is 0.392 e. The lowest BCUT2D eigenvalue weighted by atomic mass is 10.2. The normalized spacial score (nSPS) is 20.9. The van der Waals surface area contributed by atoms with Crippen molar-refractivity contribution in [1.29, 1.82) is 0 Å². The maximum Gasteiger partial charge on any atom is 0.244 e. The average Bonchev–Trinajstić information content (AvgIpc) is 2.87. The predicted octanol–water partition coefficient (Wildman–Crippen LogP) is 2.50. The fraction of sp³-hybridized carbons (Fsp3) is 0.538. The molecule has 1 atom stereocenters. The minimum atomic E-state index is -3.45. The summed E-state index contributed by atoms with van der Waals surface area (Å²) in [5.74, 6) is 0. The first-order chi connectivity index (χ1) is 9.00. The van der Waals surface area contributed by atoms with E-state index in [0.29, 0.717) is 16.6 Å². The fourth-order valence-electron chi connectivity index (χ4n) is 2.51. The van der Waals surface area contributed by atoms with Crippen LogP contribution in [0.1, 0.15) is 31.7 Å². The van der Waals surface area contributed by atoms with Gasteiger partial charge in [-0.05, 0) is 52.9 Å². The topological polar surface area (TPSA) is 57.6 Å². The first-order valence-corrected chi connectivity index (χ1v) is 8.65. The van der Waals surface area contributed by atoms with Crippen LogP contribution in [-0.4, -0.2) is 30.4 Å². The summed E-state index contributed by atoms with van der Waals surface area (Å²) in [6.45, 7) is 2.51. The van der Waals surface area contributed by atoms with Gasteiger partial charge in [-0.15, -0.1) is 0 Å². The summed E-state index contributed by atoms with van der Waals surface area (Å²) in [6.07, 6.45) is 2.69. The molecule has 0 aliphatic carbocycles. The van der Waals surface area contributed by atoms with Crippen molar-refractivity contribution in [1.82, 2.24) is 4.31 Å². The van der Waals surface area contributed by atoms with Crippen LogP contribution < -0.4 is 0 Å². The van der Waals surface area contributed by atoms with Gasteiger partial charge >= 0.3 is 0 Å². The Bertz CT molecular complexity index is 559. The van der Waals surface area contributed by atoms with Gasteiger partial charge in [-0.1, -0.05) is 13.0 Å². The minimum Gasteiger partial charge on any atom is -0.392 e. The van der Waals surface area contributed by atoms with Crippen LogP contribution >= 0.6 is 15.9 Å². The van der Waals surface area contributed by atoms with Crippen LogP contribution in [0.4, 0.5) is 0 Å². The third-order valence-corrected chi connectivity index (χ3v) is 6.49. The number of hydrogen-bond acceptors (Lipinski definition) is 3. The summed E-state index contributed by atoms with van der Waals surface area (Å²) in [6, 6.07) is 4.98. The summed E-state index contributed by atoms with van der Waals surface area (Å²) < 4.78 is 27.4. The summed E-state index contributed by atoms with van der Waals surface area (Å²) in [7, 11) is -3.45. The van der Waals surface area contributed by atoms with Crippen molar-refractivity contribution in [3.8, 4) is 0 Å². The second-order valence-corrected chi connectivity index (χ2v) is 7.46. The van der Waals surface area contributed by atoms with Gasteiger partial charge in [-0.3, -0.25) is 0 Å². The third-order valence-electron chi connectivity index (χ3n) is 3.56. The molecule has 1 heterocycles. The van der Waals surface area contributed by atoms with Crippen molar-refractivity contribution in [3.05, 3.63) is 28.2 Å². The van der Waals surface area contributed by atoms with Crippen LogP contribution in [0.25, 0.3) is 0 Å². The Morgan fingerprint density at radius 2 is 2.21 bits per heavy atom. The molecule has 1 fully saturated rings. The van der Waals surface area contributed by atoms with E-state index in [4.69, 9.17) is 5.11 Å². The lowest BCUT2D eigenvalue weighted by Gasteiger charge is -2.23. The molecule has 0 radical (unpaired) electrons. The Morgan fingerprint density at radius 3 is 2.79 bits per heavy atom. The molecule has 1 aromatic rings. The van der Waals surface area contributed by atoms with E-state index in [-0.39, 0.29) is 17.5 Å². The van der Waals surface area contributed by atoms with Crippen LogP contribution in [0.3, 0.4) is 0 Å². The van der Waals surface area contributed by atoms with Gasteiger partial charge in [0.2, 0.25) is 10.0 Å². The average molecular weight is 348 g/mol. The molecule has 1 N–H and O–H groups in total. The summed E-state index contributed by atoms with van der Waals surface area (Å²) >= 11 is 3.30. The fourth-order valence-corrected chi connectivity index (χ4v) is 5.37. The molecule has 0 saturated carbocycles. The third kappa shape index (κ3) is 2.86. The van der Waals surface area contributed by atoms with Gasteiger partial charge in [0.1, 0.15) is 0 Å². The highest BCUT2D eigenvalue weighted by atomic mass is 79.9. The molecule has 1 aromatic carbocycles. The lowest BCUT2D eigenvalue weighted by molar-refractivity contribution is 0.281. The highest BCUT2D eigenvalue weighted by Crippen LogP contribution is 2.31. The molecule has 0 aromatic heterocycles. The van der Waals surface area contributed by atoms with E-state index < -0.39 is 10.0 Å². The summed E-state index contributed by atoms with van der Waals surface area (Å²) in [5, 5.41) is 9.07. The Kier molecular flexibility index (Phi) is 4.66. The van der Waals surface area contributed by atoms with Gasteiger partial charge in [0, 0.05) is 17.1 Å². The van der Waals surface area contributed by atoms with Gasteiger partial charge in [0.05, 0.1) is 11.5 Å². The zero-order chi connectivity index (χ0) is 14.0. The molecule has 1 aliphatic heterocycles. The number of benzene rings is 1. The minimum absolute atomic E-state index is 0.0970. The van der Waals surface area contributed by atoms with E-state index in [0.717, 1.165) is 19.3 Å². The van der Waals surface area contributed by atoms with Crippen LogP contribution in [0.5, 0.6) is 0 Å². The highest BCUT2D eigenvalue weighted by molar-refractivity contribution is 9.10. The van der Waals surface area contributed by atoms with Crippen molar-refractivity contribution >= 4 is 26.0 Å². The number of rotatable bonds is 4. The first kappa shape index (κ1) is 15.0. The van der Waals surface area contributed by atoms with Crippen LogP contribution in [0.15, 0.2) is 27.6 Å². The van der Waals surface area contributed by atoms with Crippen molar-refractivity contribution in [2.24, 2.45) is 0 Å². The van der Waals surface area contributed by atoms with Gasteiger partial charge < -0.3 is 5.11 Å². The number of aliphatic hydroxyl groups is 1. The zero-order valence-corrected chi connectivity index (χ0v) is 13.2. The number of hydrogen-bond donors (Lipinski definition) is 1. The van der Waals surface area contributed by atoms with E-state index in [2.05, 4.69) is 15.9 Å². The molecule has 1 saturated heterocycles. The Morgan fingerprint density at radius 1 is 1.47 bits per heavy atom. The Balaban J connectivity index is 2.39. The second-order valence-electron chi connectivity index (χ2n) is 4.74. The number of aliphatic hydroxyl groups excluding tert-OH is 1. The molecule has 2 rings (SSSR count). The van der Waals surface area contributed by atoms with Gasteiger partial charge in [0.25, 0.3) is 0 Å². The standard InChI is InChI=1S/C13H18BrNO3S/c1-2-11-4-3-7-15(11)19(17,18)13-6-5-10(9-16)8-12(13)14/h5-6,8,11,16H,2-4,7,9H2,1H3. The SMILES string of the molecule is CCC1CCCN1S(=O)(=O)c1ccc(CO)cc1Br. The molecule has 0 spiro atoms. The maximum atomic E-state index is 12.7. The first-order valence-electron chi connectivity index (χ1n) is 6.41. The smallest absolute Gasteiger partial charge is 0.244 e.